The van der Waals surface area contributed by atoms with Crippen LogP contribution in [0.15, 0.2) is 23.5 Å². The standard InChI is InChI=1S/C16H18N4O3S/c1-9-7-17-12(10(2)14(9)23-4)8-24(21)16-18-11-5-6-13(22-3)19-15(11)20-16/h5-7H,8H2,1-4H3,(H,18,19,20)/i7D,8D2. The normalized spacial score (nSPS) is 14.8. The Labute approximate surface area is 146 Å². The molecule has 7 nitrogen and oxygen atoms in total. The smallest absolute Gasteiger partial charge is 0.323 e. The molecule has 126 valence electrons. The number of hydrogen-bond acceptors (Lipinski definition) is 6. The zero-order valence-electron chi connectivity index (χ0n) is 16.6. The molecule has 0 amide bonds. The highest BCUT2D eigenvalue weighted by molar-refractivity contribution is 7.90. The van der Waals surface area contributed by atoms with Crippen LogP contribution in [0.1, 0.15) is 20.9 Å². The van der Waals surface area contributed by atoms with Crippen LogP contribution in [-0.4, -0.2) is 38.7 Å². The third-order valence-electron chi connectivity index (χ3n) is 3.45. The topological polar surface area (TPSA) is 96.0 Å². The lowest BCUT2D eigenvalue weighted by molar-refractivity contribution is 0.399. The number of aromatic nitrogens is 4. The van der Waals surface area contributed by atoms with E-state index in [1.165, 1.54) is 14.2 Å². The van der Waals surface area contributed by atoms with E-state index < -0.39 is 16.9 Å². The van der Waals surface area contributed by atoms with Crippen molar-refractivity contribution >= 4 is 22.3 Å². The molecule has 0 aromatic carbocycles. The molecule has 1 atom stereocenters. The van der Waals surface area contributed by atoms with Crippen LogP contribution in [0.25, 0.3) is 11.2 Å². The molecule has 0 radical (unpaired) electrons. The number of methoxy groups -OCH3 is 2. The van der Waals surface area contributed by atoms with Gasteiger partial charge in [0.2, 0.25) is 5.88 Å². The van der Waals surface area contributed by atoms with Crippen LogP contribution in [0.2, 0.25) is 0 Å². The van der Waals surface area contributed by atoms with Crippen molar-refractivity contribution in [3.63, 3.8) is 0 Å². The third-order valence-corrected chi connectivity index (χ3v) is 4.37. The highest BCUT2D eigenvalue weighted by Gasteiger charge is 2.21. The molecular formula is C16H18N4O3S. The first kappa shape index (κ1) is 13.0. The van der Waals surface area contributed by atoms with Crippen LogP contribution in [0, 0.1) is 13.8 Å². The van der Waals surface area contributed by atoms with Gasteiger partial charge in [-0.2, -0.15) is 9.97 Å². The molecule has 3 aromatic rings. The maximum Gasteiger partial charge on any atom is 0.323 e. The zero-order chi connectivity index (χ0) is 19.9. The van der Waals surface area contributed by atoms with Crippen molar-refractivity contribution in [2.24, 2.45) is 0 Å². The second-order valence-corrected chi connectivity index (χ2v) is 6.12. The number of ether oxygens (including phenoxy) is 2. The van der Waals surface area contributed by atoms with Gasteiger partial charge in [-0.25, -0.2) is 0 Å². The molecule has 0 aliphatic heterocycles. The number of aromatic amines is 1. The number of hydrogen-bond donors (Lipinski definition) is 1. The molecule has 0 aliphatic rings. The maximum absolute atomic E-state index is 13.0. The van der Waals surface area contributed by atoms with Gasteiger partial charge in [-0.3, -0.25) is 9.97 Å². The van der Waals surface area contributed by atoms with Gasteiger partial charge >= 0.3 is 5.16 Å². The SMILES string of the molecule is [2H]c1nc(C([2H])([2H])[S+]([O-])c2nc3nc(OC)ccc3[nH]2)c(C)c(OC)c1C. The Bertz CT molecular complexity index is 1010. The Kier molecular flexibility index (Phi) is 3.61. The molecular weight excluding hydrogens is 328 g/mol. The summed E-state index contributed by atoms with van der Waals surface area (Å²) in [7, 11) is 2.90. The molecule has 1 N–H and O–H groups in total. The Morgan fingerprint density at radius 2 is 2.08 bits per heavy atom. The predicted molar refractivity (Wildman–Crippen MR) is 90.8 cm³/mol. The van der Waals surface area contributed by atoms with Gasteiger partial charge in [-0.1, -0.05) is 0 Å². The van der Waals surface area contributed by atoms with Crippen LogP contribution in [0.4, 0.5) is 0 Å². The van der Waals surface area contributed by atoms with Crippen LogP contribution in [-0.2, 0) is 16.9 Å². The van der Waals surface area contributed by atoms with Crippen LogP contribution < -0.4 is 9.47 Å². The summed E-state index contributed by atoms with van der Waals surface area (Å²) in [4.78, 5) is 15.1. The average Bonchev–Trinajstić information content (AvgIpc) is 3.07. The van der Waals surface area contributed by atoms with Crippen molar-refractivity contribution in [2.75, 3.05) is 14.2 Å². The van der Waals surface area contributed by atoms with Crippen molar-refractivity contribution in [3.05, 3.63) is 35.1 Å². The lowest BCUT2D eigenvalue weighted by Gasteiger charge is -2.13. The molecule has 3 aromatic heterocycles. The summed E-state index contributed by atoms with van der Waals surface area (Å²) in [5, 5.41) is -0.0805. The van der Waals surface area contributed by atoms with Crippen molar-refractivity contribution in [1.82, 2.24) is 19.9 Å². The summed E-state index contributed by atoms with van der Waals surface area (Å²) in [5.41, 5.74) is -0.887. The van der Waals surface area contributed by atoms with Gasteiger partial charge in [0.25, 0.3) is 0 Å². The zero-order valence-corrected chi connectivity index (χ0v) is 14.4. The van der Waals surface area contributed by atoms with Crippen LogP contribution in [0.5, 0.6) is 11.6 Å². The molecule has 0 bridgehead atoms. The molecule has 0 saturated heterocycles. The van der Waals surface area contributed by atoms with E-state index in [0.29, 0.717) is 28.3 Å². The highest BCUT2D eigenvalue weighted by Crippen LogP contribution is 2.26. The van der Waals surface area contributed by atoms with Crippen molar-refractivity contribution < 1.29 is 18.1 Å². The summed E-state index contributed by atoms with van der Waals surface area (Å²) in [5.74, 6) is 0.691. The number of imidazole rings is 1. The van der Waals surface area contributed by atoms with Gasteiger partial charge in [-0.15, -0.1) is 0 Å². The number of pyridine rings is 2. The lowest BCUT2D eigenvalue weighted by Crippen LogP contribution is -2.10. The maximum atomic E-state index is 13.0. The Balaban J connectivity index is 2.08. The summed E-state index contributed by atoms with van der Waals surface area (Å²) in [6.45, 7) is 3.28. The van der Waals surface area contributed by atoms with Gasteiger partial charge in [-0.05, 0) is 19.9 Å². The summed E-state index contributed by atoms with van der Waals surface area (Å²) < 4.78 is 48.1. The Morgan fingerprint density at radius 1 is 1.29 bits per heavy atom. The van der Waals surface area contributed by atoms with E-state index in [4.69, 9.17) is 13.6 Å². The number of H-pyrrole nitrogens is 1. The van der Waals surface area contributed by atoms with E-state index in [-0.39, 0.29) is 22.7 Å². The first-order chi connectivity index (χ1) is 12.7. The van der Waals surface area contributed by atoms with E-state index in [0.717, 1.165) is 0 Å². The molecule has 1 unspecified atom stereocenters. The van der Waals surface area contributed by atoms with E-state index in [9.17, 15) is 4.55 Å². The fourth-order valence-corrected chi connectivity index (χ4v) is 3.10. The predicted octanol–water partition coefficient (Wildman–Crippen LogP) is 2.29. The number of nitrogens with zero attached hydrogens (tertiary/aromatic N) is 3. The van der Waals surface area contributed by atoms with Crippen LogP contribution >= 0.6 is 0 Å². The fraction of sp³-hybridized carbons (Fsp3) is 0.312. The van der Waals surface area contributed by atoms with E-state index >= 15 is 0 Å². The molecule has 3 rings (SSSR count). The van der Waals surface area contributed by atoms with Gasteiger partial charge in [0.15, 0.2) is 11.4 Å². The summed E-state index contributed by atoms with van der Waals surface area (Å²) in [6.07, 6.45) is -0.135. The molecule has 0 aliphatic carbocycles. The summed E-state index contributed by atoms with van der Waals surface area (Å²) in [6, 6.07) is 3.27. The minimum absolute atomic E-state index is 0.0805. The van der Waals surface area contributed by atoms with Gasteiger partial charge < -0.3 is 14.0 Å². The number of fused-ring (bicyclic) bond motifs is 1. The number of nitrogens with one attached hydrogen (secondary N) is 1. The highest BCUT2D eigenvalue weighted by atomic mass is 32.2. The first-order valence-electron chi connectivity index (χ1n) is 8.55. The largest absolute Gasteiger partial charge is 0.609 e. The Hall–Kier alpha value is -2.32. The fourth-order valence-electron chi connectivity index (χ4n) is 2.26. The molecule has 8 heteroatoms. The average molecular weight is 349 g/mol. The lowest BCUT2D eigenvalue weighted by atomic mass is 10.1. The van der Waals surface area contributed by atoms with Crippen molar-refractivity contribution in [2.45, 2.75) is 24.7 Å². The second-order valence-electron chi connectivity index (χ2n) is 4.99. The molecule has 24 heavy (non-hydrogen) atoms. The van der Waals surface area contributed by atoms with Gasteiger partial charge in [0.05, 0.1) is 29.5 Å². The van der Waals surface area contributed by atoms with Gasteiger partial charge in [0, 0.05) is 34.5 Å². The monoisotopic (exact) mass is 349 g/mol. The molecule has 0 saturated carbocycles. The first-order valence-corrected chi connectivity index (χ1v) is 8.20. The van der Waals surface area contributed by atoms with E-state index in [1.54, 1.807) is 26.0 Å². The minimum atomic E-state index is -2.40. The summed E-state index contributed by atoms with van der Waals surface area (Å²) >= 11 is -2.24. The van der Waals surface area contributed by atoms with E-state index in [2.05, 4.69) is 19.9 Å². The van der Waals surface area contributed by atoms with Crippen LogP contribution in [0.3, 0.4) is 0 Å². The third kappa shape index (κ3) is 3.02. The molecule has 0 spiro atoms. The number of rotatable bonds is 5. The molecule has 3 heterocycles. The minimum Gasteiger partial charge on any atom is -0.609 e. The molecule has 0 fully saturated rings. The van der Waals surface area contributed by atoms with Crippen molar-refractivity contribution in [1.29, 1.82) is 0 Å². The second kappa shape index (κ2) is 6.66. The van der Waals surface area contributed by atoms with Crippen molar-refractivity contribution in [3.8, 4) is 11.6 Å². The van der Waals surface area contributed by atoms with Gasteiger partial charge in [0.1, 0.15) is 5.75 Å². The van der Waals surface area contributed by atoms with E-state index in [1.807, 2.05) is 0 Å². The quantitative estimate of drug-likeness (QED) is 0.710. The Morgan fingerprint density at radius 3 is 2.79 bits per heavy atom.